The number of carbonyl (C=O) groups is 1. The van der Waals surface area contributed by atoms with E-state index >= 15 is 0 Å². The molecule has 4 rings (SSSR count). The molecule has 1 amide bonds. The number of fused-ring (bicyclic) bond motifs is 1. The molecule has 3 aromatic rings. The molecule has 1 aliphatic carbocycles. The van der Waals surface area contributed by atoms with Crippen LogP contribution in [0.5, 0.6) is 5.75 Å². The van der Waals surface area contributed by atoms with E-state index < -0.39 is 5.91 Å². The molecule has 0 spiro atoms. The smallest absolute Gasteiger partial charge is 0.321 e. The lowest BCUT2D eigenvalue weighted by atomic mass is 10.2. The standard InChI is InChI=1S/C20H22N4O3/c1-13-6-5-9-18(24(13)26)20(25)21-17-10-14-12-23(15-7-3-4-8-15)22-16(14)11-19(17)27-2/h5-6,9-12,15H,3-4,7-8H2,1-2H3,(H,21,25). The Bertz CT molecular complexity index is 1010. The Balaban J connectivity index is 1.67. The number of anilines is 1. The monoisotopic (exact) mass is 366 g/mol. The van der Waals surface area contributed by atoms with Gasteiger partial charge in [-0.2, -0.15) is 9.83 Å². The molecule has 0 unspecified atom stereocenters. The van der Waals surface area contributed by atoms with E-state index in [1.165, 1.54) is 18.9 Å². The first-order chi connectivity index (χ1) is 13.1. The normalized spacial score (nSPS) is 14.6. The van der Waals surface area contributed by atoms with Gasteiger partial charge >= 0.3 is 5.91 Å². The maximum absolute atomic E-state index is 12.6. The second-order valence-electron chi connectivity index (χ2n) is 6.96. The number of benzene rings is 1. The molecule has 7 heteroatoms. The lowest BCUT2D eigenvalue weighted by molar-refractivity contribution is -0.614. The molecular weight excluding hydrogens is 344 g/mol. The van der Waals surface area contributed by atoms with Crippen molar-refractivity contribution in [1.29, 1.82) is 0 Å². The number of aromatic nitrogens is 3. The minimum Gasteiger partial charge on any atom is -0.618 e. The van der Waals surface area contributed by atoms with E-state index in [4.69, 9.17) is 4.74 Å². The number of carbonyl (C=O) groups excluding carboxylic acids is 1. The van der Waals surface area contributed by atoms with E-state index in [0.717, 1.165) is 23.7 Å². The van der Waals surface area contributed by atoms with Gasteiger partial charge in [0.2, 0.25) is 0 Å². The molecule has 27 heavy (non-hydrogen) atoms. The molecule has 140 valence electrons. The van der Waals surface area contributed by atoms with E-state index in [1.54, 1.807) is 26.2 Å². The van der Waals surface area contributed by atoms with Crippen LogP contribution in [0.1, 0.15) is 47.9 Å². The van der Waals surface area contributed by atoms with Crippen molar-refractivity contribution in [2.45, 2.75) is 38.6 Å². The number of hydrogen-bond acceptors (Lipinski definition) is 4. The number of aryl methyl sites for hydroxylation is 1. The summed E-state index contributed by atoms with van der Waals surface area (Å²) in [7, 11) is 1.55. The van der Waals surface area contributed by atoms with Crippen molar-refractivity contribution in [3.05, 3.63) is 53.1 Å². The van der Waals surface area contributed by atoms with Gasteiger partial charge in [0.25, 0.3) is 5.69 Å². The summed E-state index contributed by atoms with van der Waals surface area (Å²) in [5.41, 5.74) is 1.84. The molecule has 7 nitrogen and oxygen atoms in total. The Morgan fingerprint density at radius 3 is 2.85 bits per heavy atom. The van der Waals surface area contributed by atoms with Crippen LogP contribution >= 0.6 is 0 Å². The fourth-order valence-corrected chi connectivity index (χ4v) is 3.65. The number of nitrogens with zero attached hydrogens (tertiary/aromatic N) is 3. The topological polar surface area (TPSA) is 83.1 Å². The zero-order valence-electron chi connectivity index (χ0n) is 15.4. The molecule has 1 N–H and O–H groups in total. The largest absolute Gasteiger partial charge is 0.618 e. The molecule has 2 aromatic heterocycles. The summed E-state index contributed by atoms with van der Waals surface area (Å²) in [5, 5.41) is 20.5. The predicted molar refractivity (Wildman–Crippen MR) is 102 cm³/mol. The first-order valence-electron chi connectivity index (χ1n) is 9.14. The summed E-state index contributed by atoms with van der Waals surface area (Å²) in [6, 6.07) is 8.94. The number of methoxy groups -OCH3 is 1. The first-order valence-corrected chi connectivity index (χ1v) is 9.14. The highest BCUT2D eigenvalue weighted by Gasteiger charge is 2.21. The van der Waals surface area contributed by atoms with Crippen LogP contribution in [0, 0.1) is 12.1 Å². The van der Waals surface area contributed by atoms with Gasteiger partial charge in [0.15, 0.2) is 5.69 Å². The molecule has 0 saturated heterocycles. The lowest BCUT2D eigenvalue weighted by Crippen LogP contribution is -2.39. The Labute approximate surface area is 157 Å². The van der Waals surface area contributed by atoms with Gasteiger partial charge in [-0.15, -0.1) is 0 Å². The molecule has 0 atom stereocenters. The molecule has 0 radical (unpaired) electrons. The van der Waals surface area contributed by atoms with Crippen molar-refractivity contribution >= 4 is 22.5 Å². The van der Waals surface area contributed by atoms with Crippen LogP contribution in [0.2, 0.25) is 0 Å². The molecule has 0 bridgehead atoms. The van der Waals surface area contributed by atoms with Gasteiger partial charge in [0.05, 0.1) is 24.4 Å². The fourth-order valence-electron chi connectivity index (χ4n) is 3.65. The van der Waals surface area contributed by atoms with Gasteiger partial charge in [-0.1, -0.05) is 12.8 Å². The van der Waals surface area contributed by atoms with Crippen LogP contribution in [-0.4, -0.2) is 22.8 Å². The minimum atomic E-state index is -0.477. The van der Waals surface area contributed by atoms with E-state index in [1.807, 2.05) is 23.0 Å². The Hall–Kier alpha value is -3.09. The van der Waals surface area contributed by atoms with E-state index in [0.29, 0.717) is 27.9 Å². The Morgan fingerprint density at radius 1 is 1.33 bits per heavy atom. The third kappa shape index (κ3) is 3.20. The van der Waals surface area contributed by atoms with Crippen LogP contribution in [-0.2, 0) is 0 Å². The van der Waals surface area contributed by atoms with Crippen molar-refractivity contribution in [3.8, 4) is 5.75 Å². The molecular formula is C20H22N4O3. The van der Waals surface area contributed by atoms with Gasteiger partial charge < -0.3 is 15.3 Å². The number of ether oxygens (including phenoxy) is 1. The van der Waals surface area contributed by atoms with Crippen molar-refractivity contribution in [1.82, 2.24) is 9.78 Å². The maximum Gasteiger partial charge on any atom is 0.321 e. The van der Waals surface area contributed by atoms with Crippen molar-refractivity contribution < 1.29 is 14.3 Å². The van der Waals surface area contributed by atoms with Gasteiger partial charge in [-0.05, 0) is 25.0 Å². The van der Waals surface area contributed by atoms with E-state index in [9.17, 15) is 10.0 Å². The van der Waals surface area contributed by atoms with Crippen molar-refractivity contribution in [2.75, 3.05) is 12.4 Å². The van der Waals surface area contributed by atoms with Crippen molar-refractivity contribution in [2.24, 2.45) is 0 Å². The minimum absolute atomic E-state index is 0.0406. The van der Waals surface area contributed by atoms with E-state index in [2.05, 4.69) is 10.4 Å². The average molecular weight is 366 g/mol. The highest BCUT2D eigenvalue weighted by atomic mass is 16.5. The fraction of sp³-hybridized carbons (Fsp3) is 0.350. The average Bonchev–Trinajstić information content (AvgIpc) is 3.32. The van der Waals surface area contributed by atoms with Crippen LogP contribution in [0.4, 0.5) is 5.69 Å². The summed E-state index contributed by atoms with van der Waals surface area (Å²) in [6.45, 7) is 1.66. The highest BCUT2D eigenvalue weighted by molar-refractivity contribution is 6.04. The second kappa shape index (κ2) is 6.90. The lowest BCUT2D eigenvalue weighted by Gasteiger charge is -2.11. The second-order valence-corrected chi connectivity index (χ2v) is 6.96. The van der Waals surface area contributed by atoms with Crippen molar-refractivity contribution in [3.63, 3.8) is 0 Å². The molecule has 0 aliphatic heterocycles. The third-order valence-corrected chi connectivity index (χ3v) is 5.15. The van der Waals surface area contributed by atoms with Gasteiger partial charge in [-0.3, -0.25) is 9.48 Å². The summed E-state index contributed by atoms with van der Waals surface area (Å²) in [6.07, 6.45) is 6.77. The predicted octanol–water partition coefficient (Wildman–Crippen LogP) is 3.35. The number of nitrogens with one attached hydrogen (secondary N) is 1. The Kier molecular flexibility index (Phi) is 4.43. The van der Waals surface area contributed by atoms with Crippen LogP contribution in [0.3, 0.4) is 0 Å². The Morgan fingerprint density at radius 2 is 2.11 bits per heavy atom. The first kappa shape index (κ1) is 17.3. The molecule has 1 saturated carbocycles. The third-order valence-electron chi connectivity index (χ3n) is 5.15. The zero-order chi connectivity index (χ0) is 19.0. The SMILES string of the molecule is COc1cc2nn(C3CCCC3)cc2cc1NC(=O)c1cccc(C)[n+]1[O-]. The highest BCUT2D eigenvalue weighted by Crippen LogP contribution is 2.33. The maximum atomic E-state index is 12.6. The quantitative estimate of drug-likeness (QED) is 0.567. The van der Waals surface area contributed by atoms with Crippen LogP contribution in [0.25, 0.3) is 10.9 Å². The molecule has 1 aliphatic rings. The number of pyridine rings is 1. The zero-order valence-corrected chi connectivity index (χ0v) is 15.4. The number of hydrogen-bond donors (Lipinski definition) is 1. The summed E-state index contributed by atoms with van der Waals surface area (Å²) >= 11 is 0. The van der Waals surface area contributed by atoms with E-state index in [-0.39, 0.29) is 5.69 Å². The number of rotatable bonds is 4. The number of amides is 1. The van der Waals surface area contributed by atoms with Gasteiger partial charge in [0.1, 0.15) is 5.75 Å². The van der Waals surface area contributed by atoms with Crippen LogP contribution < -0.4 is 14.8 Å². The van der Waals surface area contributed by atoms with Gasteiger partial charge in [0, 0.05) is 36.7 Å². The summed E-state index contributed by atoms with van der Waals surface area (Å²) in [4.78, 5) is 12.6. The molecule has 2 heterocycles. The van der Waals surface area contributed by atoms with Gasteiger partial charge in [-0.25, -0.2) is 0 Å². The summed E-state index contributed by atoms with van der Waals surface area (Å²) in [5.74, 6) is 0.0344. The van der Waals surface area contributed by atoms with Crippen LogP contribution in [0.15, 0.2) is 36.5 Å². The summed E-state index contributed by atoms with van der Waals surface area (Å²) < 4.78 is 8.08. The molecule has 1 fully saturated rings. The molecule has 1 aromatic carbocycles.